The van der Waals surface area contributed by atoms with E-state index in [0.717, 1.165) is 41.7 Å². The van der Waals surface area contributed by atoms with Crippen molar-refractivity contribution in [3.8, 4) is 0 Å². The molecule has 33 heavy (non-hydrogen) atoms. The summed E-state index contributed by atoms with van der Waals surface area (Å²) in [6.45, 7) is 1.28. The molecule has 1 saturated heterocycles. The maximum Gasteiger partial charge on any atom is 0.401 e. The van der Waals surface area contributed by atoms with Crippen molar-refractivity contribution in [1.29, 1.82) is 0 Å². The molecule has 0 unspecified atom stereocenters. The molecule has 3 aromatic rings. The first-order chi connectivity index (χ1) is 15.9. The molecule has 1 aromatic carbocycles. The number of hydrogen-bond donors (Lipinski definition) is 2. The third kappa shape index (κ3) is 4.65. The fraction of sp³-hybridized carbons (Fsp3) is 0.500. The van der Waals surface area contributed by atoms with E-state index in [9.17, 15) is 17.6 Å². The minimum atomic E-state index is -4.32. The first-order valence-corrected chi connectivity index (χ1v) is 11.0. The summed E-state index contributed by atoms with van der Waals surface area (Å²) in [5.41, 5.74) is 3.14. The number of rotatable bonds is 7. The van der Waals surface area contributed by atoms with E-state index in [1.165, 1.54) is 4.90 Å². The van der Waals surface area contributed by atoms with Gasteiger partial charge >= 0.3 is 6.18 Å². The van der Waals surface area contributed by atoms with Crippen LogP contribution in [-0.4, -0.2) is 81.6 Å². The minimum Gasteiger partial charge on any atom is -0.363 e. The van der Waals surface area contributed by atoms with Gasteiger partial charge in [0.2, 0.25) is 0 Å². The van der Waals surface area contributed by atoms with Gasteiger partial charge in [0.25, 0.3) is 0 Å². The van der Waals surface area contributed by atoms with Crippen molar-refractivity contribution in [1.82, 2.24) is 30.0 Å². The van der Waals surface area contributed by atoms with Crippen LogP contribution in [0.15, 0.2) is 30.7 Å². The van der Waals surface area contributed by atoms with E-state index >= 15 is 0 Å². The number of aromatic amines is 1. The third-order valence-electron chi connectivity index (χ3n) is 6.33. The molecule has 0 bridgehead atoms. The average molecular weight is 463 g/mol. The van der Waals surface area contributed by atoms with Crippen LogP contribution in [0.5, 0.6) is 0 Å². The van der Waals surface area contributed by atoms with E-state index in [4.69, 9.17) is 0 Å². The Kier molecular flexibility index (Phi) is 5.92. The third-order valence-corrected chi connectivity index (χ3v) is 6.33. The Morgan fingerprint density at radius 1 is 1.12 bits per heavy atom. The van der Waals surface area contributed by atoms with Gasteiger partial charge < -0.3 is 5.32 Å². The first kappa shape index (κ1) is 22.0. The molecule has 2 aliphatic rings. The minimum absolute atomic E-state index is 0.205. The Bertz CT molecular complexity index is 1090. The zero-order valence-corrected chi connectivity index (χ0v) is 17.9. The second-order valence-electron chi connectivity index (χ2n) is 8.67. The van der Waals surface area contributed by atoms with Gasteiger partial charge in [-0.15, -0.1) is 0 Å². The molecular formula is C22H25F4N7. The topological polar surface area (TPSA) is 73.0 Å². The molecule has 0 aliphatic carbocycles. The maximum atomic E-state index is 13.3. The normalized spacial score (nSPS) is 20.1. The molecule has 2 aliphatic heterocycles. The number of nitrogens with zero attached hydrogens (tertiary/aromatic N) is 5. The number of alkyl halides is 4. The quantitative estimate of drug-likeness (QED) is 0.524. The standard InChI is InChI=1S/C22H25F4N7/c23-5-1-6-32-11-14(12-32)30-20-10-27-19(9-28-20)21-16-2-3-18-17(8-29-31-18)15(16)4-7-33(21)13-22(24,25)26/h2-3,8-10,14,21H,1,4-7,11-13H2,(H,28,30)(H,29,31)/t21-/m0/s1. The van der Waals surface area contributed by atoms with Gasteiger partial charge in [0.05, 0.1) is 55.1 Å². The monoisotopic (exact) mass is 463 g/mol. The van der Waals surface area contributed by atoms with Gasteiger partial charge in [-0.1, -0.05) is 6.07 Å². The molecule has 176 valence electrons. The van der Waals surface area contributed by atoms with Crippen LogP contribution in [-0.2, 0) is 6.42 Å². The van der Waals surface area contributed by atoms with E-state index in [-0.39, 0.29) is 19.3 Å². The lowest BCUT2D eigenvalue weighted by atomic mass is 9.88. The van der Waals surface area contributed by atoms with Gasteiger partial charge in [-0.3, -0.25) is 24.3 Å². The molecular weight excluding hydrogens is 438 g/mol. The highest BCUT2D eigenvalue weighted by Gasteiger charge is 2.38. The number of benzene rings is 1. The maximum absolute atomic E-state index is 13.3. The van der Waals surface area contributed by atoms with E-state index in [1.807, 2.05) is 12.1 Å². The summed E-state index contributed by atoms with van der Waals surface area (Å²) in [4.78, 5) is 12.5. The molecule has 2 N–H and O–H groups in total. The Morgan fingerprint density at radius 2 is 1.97 bits per heavy atom. The molecule has 0 spiro atoms. The van der Waals surface area contributed by atoms with Crippen LogP contribution in [0.4, 0.5) is 23.4 Å². The second kappa shape index (κ2) is 8.86. The van der Waals surface area contributed by atoms with E-state index in [0.29, 0.717) is 24.4 Å². The van der Waals surface area contributed by atoms with Crippen molar-refractivity contribution < 1.29 is 17.6 Å². The number of likely N-dealkylation sites (tertiary alicyclic amines) is 1. The Hall–Kier alpha value is -2.79. The number of nitrogens with one attached hydrogen (secondary N) is 2. The largest absolute Gasteiger partial charge is 0.401 e. The van der Waals surface area contributed by atoms with Crippen molar-refractivity contribution in [2.75, 3.05) is 44.7 Å². The molecule has 11 heteroatoms. The lowest BCUT2D eigenvalue weighted by molar-refractivity contribution is -0.150. The number of aromatic nitrogens is 4. The van der Waals surface area contributed by atoms with Crippen molar-refractivity contribution in [3.05, 3.63) is 47.5 Å². The fourth-order valence-electron chi connectivity index (χ4n) is 4.85. The Morgan fingerprint density at radius 3 is 2.70 bits per heavy atom. The summed E-state index contributed by atoms with van der Waals surface area (Å²) in [7, 11) is 0. The SMILES string of the molecule is FCCCN1CC(Nc2cnc([C@@H]3c4ccc5[nH]ncc5c4CCN3CC(F)(F)F)cn2)C1. The van der Waals surface area contributed by atoms with Gasteiger partial charge in [-0.25, -0.2) is 4.98 Å². The van der Waals surface area contributed by atoms with E-state index in [2.05, 4.69) is 30.4 Å². The number of anilines is 1. The molecule has 0 amide bonds. The van der Waals surface area contributed by atoms with Crippen molar-refractivity contribution in [2.45, 2.75) is 31.1 Å². The summed E-state index contributed by atoms with van der Waals surface area (Å²) in [6, 6.07) is 3.27. The van der Waals surface area contributed by atoms with Crippen LogP contribution in [0.3, 0.4) is 0 Å². The summed E-state index contributed by atoms with van der Waals surface area (Å²) < 4.78 is 52.3. The van der Waals surface area contributed by atoms with Gasteiger partial charge in [0.1, 0.15) is 5.82 Å². The molecule has 7 nitrogen and oxygen atoms in total. The van der Waals surface area contributed by atoms with Crippen LogP contribution < -0.4 is 5.32 Å². The van der Waals surface area contributed by atoms with Gasteiger partial charge in [0, 0.05) is 31.6 Å². The summed E-state index contributed by atoms with van der Waals surface area (Å²) in [5.74, 6) is 0.581. The van der Waals surface area contributed by atoms with E-state index in [1.54, 1.807) is 18.6 Å². The van der Waals surface area contributed by atoms with Crippen LogP contribution in [0.2, 0.25) is 0 Å². The van der Waals surface area contributed by atoms with Crippen LogP contribution in [0.25, 0.3) is 10.9 Å². The molecule has 1 atom stereocenters. The zero-order chi connectivity index (χ0) is 23.0. The van der Waals surface area contributed by atoms with Crippen molar-refractivity contribution in [2.24, 2.45) is 0 Å². The zero-order valence-electron chi connectivity index (χ0n) is 17.9. The second-order valence-corrected chi connectivity index (χ2v) is 8.67. The highest BCUT2D eigenvalue weighted by atomic mass is 19.4. The molecule has 4 heterocycles. The molecule has 0 saturated carbocycles. The van der Waals surface area contributed by atoms with Crippen LogP contribution in [0, 0.1) is 0 Å². The lowest BCUT2D eigenvalue weighted by Gasteiger charge is -2.39. The highest BCUT2D eigenvalue weighted by Crippen LogP contribution is 2.38. The number of H-pyrrole nitrogens is 1. The van der Waals surface area contributed by atoms with Gasteiger partial charge in [-0.2, -0.15) is 18.3 Å². The Balaban J connectivity index is 1.37. The van der Waals surface area contributed by atoms with Crippen LogP contribution in [0.1, 0.15) is 29.3 Å². The molecule has 1 fully saturated rings. The predicted octanol–water partition coefficient (Wildman–Crippen LogP) is 3.32. The predicted molar refractivity (Wildman–Crippen MR) is 116 cm³/mol. The number of hydrogen-bond acceptors (Lipinski definition) is 6. The van der Waals surface area contributed by atoms with Gasteiger partial charge in [-0.05, 0) is 30.0 Å². The Labute approximate surface area is 188 Å². The fourth-order valence-corrected chi connectivity index (χ4v) is 4.85. The van der Waals surface area contributed by atoms with Crippen molar-refractivity contribution >= 4 is 16.7 Å². The summed E-state index contributed by atoms with van der Waals surface area (Å²) >= 11 is 0. The highest BCUT2D eigenvalue weighted by molar-refractivity contribution is 5.83. The lowest BCUT2D eigenvalue weighted by Crippen LogP contribution is -2.54. The smallest absolute Gasteiger partial charge is 0.363 e. The first-order valence-electron chi connectivity index (χ1n) is 11.0. The van der Waals surface area contributed by atoms with Crippen molar-refractivity contribution in [3.63, 3.8) is 0 Å². The summed E-state index contributed by atoms with van der Waals surface area (Å²) in [5, 5.41) is 11.2. The van der Waals surface area contributed by atoms with E-state index < -0.39 is 18.8 Å². The van der Waals surface area contributed by atoms with Crippen LogP contribution >= 0.6 is 0 Å². The molecule has 2 aromatic heterocycles. The van der Waals surface area contributed by atoms with Gasteiger partial charge in [0.15, 0.2) is 0 Å². The number of fused-ring (bicyclic) bond motifs is 3. The average Bonchev–Trinajstić information content (AvgIpc) is 3.24. The molecule has 5 rings (SSSR count). The summed E-state index contributed by atoms with van der Waals surface area (Å²) in [6.07, 6.45) is 1.58. The number of halogens is 4. The molecule has 0 radical (unpaired) electrons.